The van der Waals surface area contributed by atoms with Crippen molar-refractivity contribution in [2.24, 2.45) is 4.99 Å². The number of nitrogens with zero attached hydrogens (tertiary/aromatic N) is 1. The third-order valence-electron chi connectivity index (χ3n) is 12.0. The molecule has 0 saturated carbocycles. The molecule has 0 aromatic heterocycles. The van der Waals surface area contributed by atoms with E-state index >= 15 is 0 Å². The summed E-state index contributed by atoms with van der Waals surface area (Å²) in [4.78, 5) is 5.01. The lowest BCUT2D eigenvalue weighted by Crippen LogP contribution is -2.14. The molecule has 1 aliphatic carbocycles. The Morgan fingerprint density at radius 2 is 1.08 bits per heavy atom. The van der Waals surface area contributed by atoms with E-state index < -0.39 is 0 Å². The second kappa shape index (κ2) is 14.8. The van der Waals surface area contributed by atoms with Gasteiger partial charge in [-0.15, -0.1) is 0 Å². The fraction of sp³-hybridized carbons (Fsp3) is 0.0526. The second-order valence-electron chi connectivity index (χ2n) is 15.9. The van der Waals surface area contributed by atoms with Crippen molar-refractivity contribution in [3.8, 4) is 44.5 Å². The van der Waals surface area contributed by atoms with Crippen molar-refractivity contribution in [3.05, 3.63) is 234 Å². The summed E-state index contributed by atoms with van der Waals surface area (Å²) in [5.41, 5.74) is 16.0. The molecule has 1 N–H and O–H groups in total. The average molecular weight is 755 g/mol. The first-order valence-electron chi connectivity index (χ1n) is 20.3. The van der Waals surface area contributed by atoms with Crippen LogP contribution >= 0.6 is 0 Å². The Morgan fingerprint density at radius 1 is 0.475 bits per heavy atom. The first kappa shape index (κ1) is 36.0. The maximum Gasteiger partial charge on any atom is 0.152 e. The molecule has 10 rings (SSSR count). The van der Waals surface area contributed by atoms with Crippen molar-refractivity contribution in [1.82, 2.24) is 0 Å². The quantitative estimate of drug-likeness (QED) is 0.124. The largest absolute Gasteiger partial charge is 0.282 e. The summed E-state index contributed by atoms with van der Waals surface area (Å²) in [6.07, 6.45) is 4.23. The van der Waals surface area contributed by atoms with Crippen LogP contribution in [-0.4, -0.2) is 11.5 Å². The second-order valence-corrected chi connectivity index (χ2v) is 15.9. The van der Waals surface area contributed by atoms with Crippen LogP contribution in [0, 0.1) is 5.41 Å². The molecule has 0 unspecified atom stereocenters. The van der Waals surface area contributed by atoms with E-state index in [2.05, 4.69) is 196 Å². The lowest BCUT2D eigenvalue weighted by molar-refractivity contribution is 0.660. The zero-order valence-corrected chi connectivity index (χ0v) is 33.2. The Balaban J connectivity index is 1.03. The van der Waals surface area contributed by atoms with E-state index in [0.29, 0.717) is 0 Å². The highest BCUT2D eigenvalue weighted by molar-refractivity contribution is 6.20. The molecule has 0 atom stereocenters. The minimum absolute atomic E-state index is 0.0339. The molecule has 0 radical (unpaired) electrons. The van der Waals surface area contributed by atoms with E-state index in [1.807, 2.05) is 30.3 Å². The number of nitrogens with one attached hydrogen (secondary N) is 1. The Hall–Kier alpha value is -7.42. The highest BCUT2D eigenvalue weighted by atomic mass is 14.8. The molecule has 9 aromatic carbocycles. The number of allylic oxidation sites excluding steroid dienone is 1. The smallest absolute Gasteiger partial charge is 0.152 e. The first-order chi connectivity index (χ1) is 28.9. The van der Waals surface area contributed by atoms with Crippen molar-refractivity contribution in [2.45, 2.75) is 19.3 Å². The number of aliphatic imine (C=N–C) groups is 1. The van der Waals surface area contributed by atoms with E-state index in [-0.39, 0.29) is 11.3 Å². The summed E-state index contributed by atoms with van der Waals surface area (Å²) < 4.78 is 0. The van der Waals surface area contributed by atoms with E-state index in [1.165, 1.54) is 60.7 Å². The van der Waals surface area contributed by atoms with Gasteiger partial charge in [-0.25, -0.2) is 4.99 Å². The highest BCUT2D eigenvalue weighted by Crippen LogP contribution is 2.52. The average Bonchev–Trinajstić information content (AvgIpc) is 3.53. The van der Waals surface area contributed by atoms with Crippen LogP contribution in [0.2, 0.25) is 0 Å². The summed E-state index contributed by atoms with van der Waals surface area (Å²) in [6, 6.07) is 71.0. The third-order valence-corrected chi connectivity index (χ3v) is 12.0. The Kier molecular flexibility index (Phi) is 9.03. The van der Waals surface area contributed by atoms with Gasteiger partial charge < -0.3 is 0 Å². The molecule has 2 heteroatoms. The number of fused-ring (bicyclic) bond motifs is 5. The zero-order valence-electron chi connectivity index (χ0n) is 33.2. The van der Waals surface area contributed by atoms with E-state index in [1.54, 1.807) is 0 Å². The van der Waals surface area contributed by atoms with Gasteiger partial charge in [-0.05, 0) is 94.9 Å². The number of rotatable bonds is 7. The third kappa shape index (κ3) is 6.49. The first-order valence-corrected chi connectivity index (χ1v) is 20.3. The molecule has 0 heterocycles. The van der Waals surface area contributed by atoms with Crippen molar-refractivity contribution >= 4 is 39.2 Å². The molecule has 59 heavy (non-hydrogen) atoms. The molecule has 0 amide bonds. The maximum absolute atomic E-state index is 9.06. The molecule has 0 bridgehead atoms. The minimum atomic E-state index is -0.0339. The van der Waals surface area contributed by atoms with Gasteiger partial charge in [-0.3, -0.25) is 5.41 Å². The van der Waals surface area contributed by atoms with E-state index in [0.717, 1.165) is 38.9 Å². The molecule has 280 valence electrons. The van der Waals surface area contributed by atoms with Crippen LogP contribution in [0.1, 0.15) is 41.7 Å². The Morgan fingerprint density at radius 3 is 1.90 bits per heavy atom. The number of hydrogen-bond acceptors (Lipinski definition) is 1. The van der Waals surface area contributed by atoms with Crippen LogP contribution in [0.5, 0.6) is 0 Å². The van der Waals surface area contributed by atoms with Crippen LogP contribution < -0.4 is 0 Å². The summed E-state index contributed by atoms with van der Waals surface area (Å²) in [6.45, 7) is 4.67. The monoisotopic (exact) mass is 754 g/mol. The fourth-order valence-electron chi connectivity index (χ4n) is 9.00. The molecule has 0 spiro atoms. The number of amidine groups is 1. The van der Waals surface area contributed by atoms with Crippen LogP contribution in [0.4, 0.5) is 0 Å². The number of hydrogen-bond donors (Lipinski definition) is 1. The molecule has 2 nitrogen and oxygen atoms in total. The summed E-state index contributed by atoms with van der Waals surface area (Å²) in [5, 5.41) is 13.8. The predicted molar refractivity (Wildman–Crippen MR) is 251 cm³/mol. The van der Waals surface area contributed by atoms with Gasteiger partial charge in [-0.2, -0.15) is 0 Å². The van der Waals surface area contributed by atoms with Gasteiger partial charge in [0.15, 0.2) is 5.84 Å². The highest BCUT2D eigenvalue weighted by Gasteiger charge is 2.36. The maximum atomic E-state index is 9.06. The van der Waals surface area contributed by atoms with Crippen molar-refractivity contribution in [1.29, 1.82) is 5.41 Å². The van der Waals surface area contributed by atoms with Crippen molar-refractivity contribution in [3.63, 3.8) is 0 Å². The lowest BCUT2D eigenvalue weighted by Gasteiger charge is -2.21. The normalized spacial score (nSPS) is 13.2. The van der Waals surface area contributed by atoms with Crippen LogP contribution in [0.15, 0.2) is 211 Å². The lowest BCUT2D eigenvalue weighted by atomic mass is 9.82. The molecule has 0 fully saturated rings. The van der Waals surface area contributed by atoms with Crippen molar-refractivity contribution < 1.29 is 0 Å². The Bertz CT molecular complexity index is 3130. The van der Waals surface area contributed by atoms with Crippen LogP contribution in [-0.2, 0) is 5.41 Å². The molecule has 0 aliphatic heterocycles. The fourth-order valence-corrected chi connectivity index (χ4v) is 9.00. The van der Waals surface area contributed by atoms with Crippen LogP contribution in [0.3, 0.4) is 0 Å². The van der Waals surface area contributed by atoms with E-state index in [4.69, 9.17) is 10.4 Å². The topological polar surface area (TPSA) is 36.2 Å². The summed E-state index contributed by atoms with van der Waals surface area (Å²) >= 11 is 0. The standard InChI is InChI=1S/C57H42N2/c1-57(2)52-25-13-12-23-51(52)55-48(24-14-26-53(55)57)41-30-28-39(29-31-41)47-35-33-40(45-19-8-10-21-49(45)47)34-36-54(59-56(58)42-16-4-3-5-17-42)50-22-11-9-20-46(50)44-32-27-38-15-6-7-18-43(38)37-44/h3-37,58H,1-2H3/b36-34+,58-56?,59-54?. The molecular formula is C57H42N2. The van der Waals surface area contributed by atoms with Gasteiger partial charge in [-0.1, -0.05) is 214 Å². The van der Waals surface area contributed by atoms with Gasteiger partial charge in [0, 0.05) is 16.5 Å². The number of benzene rings is 9. The zero-order chi connectivity index (χ0) is 39.9. The molecular weight excluding hydrogens is 713 g/mol. The minimum Gasteiger partial charge on any atom is -0.282 e. The summed E-state index contributed by atoms with van der Waals surface area (Å²) in [5.74, 6) is 0.218. The van der Waals surface area contributed by atoms with E-state index in [9.17, 15) is 0 Å². The van der Waals surface area contributed by atoms with Gasteiger partial charge in [0.2, 0.25) is 0 Å². The Labute approximate surface area is 346 Å². The molecule has 0 saturated heterocycles. The van der Waals surface area contributed by atoms with Gasteiger partial charge in [0.1, 0.15) is 0 Å². The van der Waals surface area contributed by atoms with Crippen LogP contribution in [0.25, 0.3) is 72.1 Å². The summed E-state index contributed by atoms with van der Waals surface area (Å²) in [7, 11) is 0. The SMILES string of the molecule is CC1(C)c2ccccc2-c2c(-c3ccc(-c4ccc(/C=C/C(=NC(=N)c5ccccc5)c5ccccc5-c5ccc6ccccc6c5)c5ccccc45)cc3)cccc21. The van der Waals surface area contributed by atoms with Gasteiger partial charge >= 0.3 is 0 Å². The molecule has 9 aromatic rings. The molecule has 1 aliphatic rings. The van der Waals surface area contributed by atoms with Gasteiger partial charge in [0.05, 0.1) is 5.71 Å². The predicted octanol–water partition coefficient (Wildman–Crippen LogP) is 14.8. The van der Waals surface area contributed by atoms with Crippen molar-refractivity contribution in [2.75, 3.05) is 0 Å². The van der Waals surface area contributed by atoms with Gasteiger partial charge in [0.25, 0.3) is 0 Å².